The molecule has 120 heavy (non-hydrogen) atoms. The summed E-state index contributed by atoms with van der Waals surface area (Å²) < 4.78 is 167. The van der Waals surface area contributed by atoms with Crippen molar-refractivity contribution >= 4 is 23.9 Å². The van der Waals surface area contributed by atoms with Crippen molar-refractivity contribution < 1.29 is 92.5 Å². The number of methoxy groups -OCH3 is 8. The molecule has 0 bridgehead atoms. The minimum atomic E-state index is -2.63. The predicted octanol–water partition coefficient (Wildman–Crippen LogP) is 14.3. The number of hydrogen-bond donors (Lipinski definition) is 4. The Morgan fingerprint density at radius 1 is 0.350 bits per heavy atom. The Kier molecular flexibility index (Phi) is 29.3. The first-order chi connectivity index (χ1) is 61.3. The van der Waals surface area contributed by atoms with Crippen LogP contribution in [-0.4, -0.2) is 201 Å². The topological polar surface area (TPSA) is 296 Å². The number of piperidine rings is 4. The smallest absolute Gasteiger partial charge is 0.323 e. The fourth-order valence-electron chi connectivity index (χ4n) is 18.1. The van der Waals surface area contributed by atoms with Gasteiger partial charge in [-0.3, -0.25) is 38.8 Å². The lowest BCUT2D eigenvalue weighted by Gasteiger charge is -2.47. The number of fused-ring (bicyclic) bond motifs is 12. The second kappa shape index (κ2) is 43.9. The fraction of sp³-hybridized carbons (Fsp3) is 0.708. The van der Waals surface area contributed by atoms with Crippen LogP contribution in [-0.2, 0) is 63.8 Å². The summed E-state index contributed by atoms with van der Waals surface area (Å²) in [6, 6.07) is 6.61. The highest BCUT2D eigenvalue weighted by atomic mass is 16.6. The van der Waals surface area contributed by atoms with E-state index in [4.69, 9.17) is 89.4 Å². The molecule has 0 radical (unpaired) electrons. The average molecular weight is 1690 g/mol. The zero-order valence-electron chi connectivity index (χ0n) is 87.8. The molecule has 8 aliphatic heterocycles. The van der Waals surface area contributed by atoms with Gasteiger partial charge < -0.3 is 79.8 Å². The van der Waals surface area contributed by atoms with E-state index in [2.05, 4.69) is 75.0 Å². The molecule has 0 aromatic heterocycles. The van der Waals surface area contributed by atoms with Crippen molar-refractivity contribution in [2.24, 2.45) is 93.9 Å². The van der Waals surface area contributed by atoms with Gasteiger partial charge in [0.15, 0.2) is 46.0 Å². The van der Waals surface area contributed by atoms with E-state index in [1.807, 2.05) is 65.8 Å². The Balaban J connectivity index is 0.000000198. The lowest BCUT2D eigenvalue weighted by Crippen LogP contribution is -2.51. The van der Waals surface area contributed by atoms with Crippen LogP contribution in [0.25, 0.3) is 0 Å². The molecular formula is C96H152N8O16. The third-order valence-electron chi connectivity index (χ3n) is 24.9. The quantitative estimate of drug-likeness (QED) is 0.0303. The van der Waals surface area contributed by atoms with Gasteiger partial charge >= 0.3 is 23.9 Å². The summed E-state index contributed by atoms with van der Waals surface area (Å²) in [4.78, 5) is 59.7. The zero-order chi connectivity index (χ0) is 98.5. The molecule has 12 unspecified atom stereocenters. The van der Waals surface area contributed by atoms with Crippen molar-refractivity contribution in [3.05, 3.63) is 93.0 Å². The van der Waals surface area contributed by atoms with Crippen LogP contribution in [0.2, 0.25) is 0 Å². The molecule has 0 amide bonds. The molecule has 0 spiro atoms. The van der Waals surface area contributed by atoms with E-state index in [9.17, 15) is 26.0 Å². The van der Waals surface area contributed by atoms with E-state index >= 15 is 0 Å². The van der Waals surface area contributed by atoms with Crippen molar-refractivity contribution in [1.82, 2.24) is 19.6 Å². The molecule has 4 saturated heterocycles. The van der Waals surface area contributed by atoms with E-state index in [0.717, 1.165) is 90.6 Å². The minimum Gasteiger partial charge on any atom is -0.493 e. The molecule has 4 aromatic rings. The number of rotatable bonds is 28. The number of hydrogen-bond acceptors (Lipinski definition) is 24. The Morgan fingerprint density at radius 3 is 0.833 bits per heavy atom. The lowest BCUT2D eigenvalue weighted by molar-refractivity contribution is -0.161. The highest BCUT2D eigenvalue weighted by Gasteiger charge is 2.47. The monoisotopic (exact) mass is 1690 g/mol. The van der Waals surface area contributed by atoms with Gasteiger partial charge in [0.1, 0.15) is 48.6 Å². The summed E-state index contributed by atoms with van der Waals surface area (Å²) in [7, 11) is 4.05. The summed E-state index contributed by atoms with van der Waals surface area (Å²) in [6.45, 7) is 36.8. The van der Waals surface area contributed by atoms with Gasteiger partial charge in [-0.15, -0.1) is 0 Å². The Bertz CT molecular complexity index is 4600. The van der Waals surface area contributed by atoms with E-state index in [-0.39, 0.29) is 89.3 Å². The van der Waals surface area contributed by atoms with Gasteiger partial charge in [-0.2, -0.15) is 0 Å². The van der Waals surface area contributed by atoms with Crippen LogP contribution >= 0.6 is 0 Å². The summed E-state index contributed by atoms with van der Waals surface area (Å²) in [6.07, 6.45) is 4.47. The standard InChI is InChI=1S/4C24H38N2O4/c4*1-14(2)9-17-13-26-8-7-16-10-21(28-5)22(29-6)11-18(16)19(26)12-20(17)30-24(27)23(25)15(3)4/h4*10-11,14-15,17,19-20,23H,7-9,12-13,25H2,1-6H3/t4*17?,19?,20?,23-/m0000/s1/i5D3,15D,19D;19D,20D;5D3,19D;19D. The summed E-state index contributed by atoms with van der Waals surface area (Å²) in [5.41, 5.74) is 31.1. The molecule has 8 N–H and O–H groups in total. The van der Waals surface area contributed by atoms with Gasteiger partial charge in [0, 0.05) is 127 Å². The van der Waals surface area contributed by atoms with Crippen molar-refractivity contribution in [1.29, 1.82) is 0 Å². The van der Waals surface area contributed by atoms with Crippen LogP contribution in [0.4, 0.5) is 0 Å². The van der Waals surface area contributed by atoms with Gasteiger partial charge in [-0.25, -0.2) is 0 Å². The summed E-state index contributed by atoms with van der Waals surface area (Å²) >= 11 is 0. The maximum atomic E-state index is 12.8. The second-order valence-electron chi connectivity index (χ2n) is 36.8. The van der Waals surface area contributed by atoms with Crippen LogP contribution in [0.1, 0.15) is 247 Å². The molecule has 0 saturated carbocycles. The SMILES string of the molecule is [2H]C([2H])([2H])Oc1cc2c(cc1OC)C1([2H])CC(OC(=O)[C@@H](N)C(C)C)C(CC(C)C)CN1CC2.[2H]C([2H])([2H])Oc1cc2c(cc1OC)C1([2H])CC(OC(=O)[C@@H](N)C([2H])(C)C)C(CC(C)C)CN1CC2.[2H]C1(OC(=O)[C@@H](N)C(C)C)CC2([2H])c3cc(OC)c(OC)cc3CCN2CC1CC(C)C.[2H]C12CC(OC(=O)[C@@H](N)C(C)C)C(CC(C)C)CN1CCc1cc(OC)c(OC)cc12. The molecule has 4 fully saturated rings. The lowest BCUT2D eigenvalue weighted by atomic mass is 9.79. The number of carbonyl (C=O) groups is 4. The molecule has 8 aliphatic rings. The van der Waals surface area contributed by atoms with Crippen LogP contribution in [0, 0.1) is 71.0 Å². The zero-order valence-corrected chi connectivity index (χ0v) is 75.8. The van der Waals surface area contributed by atoms with E-state index < -0.39 is 104 Å². The number of nitrogens with zero attached hydrogens (tertiary/aromatic N) is 4. The van der Waals surface area contributed by atoms with E-state index in [1.54, 1.807) is 66.6 Å². The third-order valence-corrected chi connectivity index (χ3v) is 24.9. The maximum Gasteiger partial charge on any atom is 0.323 e. The molecule has 24 heteroatoms. The van der Waals surface area contributed by atoms with E-state index in [0.29, 0.717) is 117 Å². The highest BCUT2D eigenvalue weighted by molar-refractivity contribution is 5.77. The summed E-state index contributed by atoms with van der Waals surface area (Å²) in [5, 5.41) is 0. The van der Waals surface area contributed by atoms with Gasteiger partial charge in [0.2, 0.25) is 0 Å². The van der Waals surface area contributed by atoms with Crippen molar-refractivity contribution in [3.8, 4) is 46.0 Å². The van der Waals surface area contributed by atoms with Crippen LogP contribution < -0.4 is 60.8 Å². The van der Waals surface area contributed by atoms with Gasteiger partial charge in [0.05, 0.1) is 71.8 Å². The second-order valence-corrected chi connectivity index (χ2v) is 36.8. The maximum absolute atomic E-state index is 12.8. The first kappa shape index (κ1) is 80.0. The van der Waals surface area contributed by atoms with Gasteiger partial charge in [0.25, 0.3) is 0 Å². The predicted molar refractivity (Wildman–Crippen MR) is 471 cm³/mol. The van der Waals surface area contributed by atoms with Crippen LogP contribution in [0.3, 0.4) is 0 Å². The highest BCUT2D eigenvalue weighted by Crippen LogP contribution is 2.50. The first-order valence-electron chi connectivity index (χ1n) is 49.5. The molecular weight excluding hydrogens is 1520 g/mol. The Morgan fingerprint density at radius 2 is 0.583 bits per heavy atom. The van der Waals surface area contributed by atoms with Gasteiger partial charge in [-0.1, -0.05) is 111 Å². The molecule has 16 atom stereocenters. The molecule has 24 nitrogen and oxygen atoms in total. The molecule has 672 valence electrons. The average Bonchev–Trinajstić information content (AvgIpc) is 0.730. The summed E-state index contributed by atoms with van der Waals surface area (Å²) in [5.74, 6) is 1.64. The Hall–Kier alpha value is -7.16. The van der Waals surface area contributed by atoms with Crippen LogP contribution in [0.5, 0.6) is 46.0 Å². The van der Waals surface area contributed by atoms with Gasteiger partial charge in [-0.05, 0) is 192 Å². The number of ether oxygens (including phenoxy) is 12. The van der Waals surface area contributed by atoms with Crippen molar-refractivity contribution in [2.75, 3.05) is 109 Å². The third kappa shape index (κ3) is 23.8. The molecule has 4 aromatic carbocycles. The number of esters is 4. The molecule has 8 heterocycles. The van der Waals surface area contributed by atoms with Crippen LogP contribution in [0.15, 0.2) is 48.5 Å². The first-order valence-corrected chi connectivity index (χ1v) is 43.5. The molecule has 0 aliphatic carbocycles. The normalized spacial score (nSPS) is 29.7. The van der Waals surface area contributed by atoms with E-state index in [1.165, 1.54) is 14.2 Å². The molecule has 12 rings (SSSR count). The minimum absolute atomic E-state index is 0.00762. The largest absolute Gasteiger partial charge is 0.493 e. The van der Waals surface area contributed by atoms with Crippen molar-refractivity contribution in [3.63, 3.8) is 0 Å². The van der Waals surface area contributed by atoms with Crippen molar-refractivity contribution in [2.45, 2.75) is 260 Å². The fourth-order valence-corrected chi connectivity index (χ4v) is 18.1. The number of carbonyl (C=O) groups excluding carboxylic acids is 4. The Labute approximate surface area is 735 Å². The number of nitrogens with two attached hydrogens (primary N) is 4. The number of benzene rings is 4.